The summed E-state index contributed by atoms with van der Waals surface area (Å²) in [6.07, 6.45) is 3.84. The van der Waals surface area contributed by atoms with Crippen LogP contribution in [0.2, 0.25) is 0 Å². The normalized spacial score (nSPS) is 19.6. The lowest BCUT2D eigenvalue weighted by Crippen LogP contribution is -2.34. The van der Waals surface area contributed by atoms with Crippen molar-refractivity contribution in [3.05, 3.63) is 47.5 Å². The first kappa shape index (κ1) is 12.4. The molecule has 2 aromatic rings. The molecule has 1 N–H and O–H groups in total. The van der Waals surface area contributed by atoms with Crippen LogP contribution in [-0.4, -0.2) is 29.2 Å². The second-order valence-corrected chi connectivity index (χ2v) is 5.10. The Bertz CT molecular complexity index is 550. The molecule has 4 heteroatoms. The molecular weight excluding hydrogens is 238 g/mol. The molecular formula is C15H19N3O. The maximum atomic E-state index is 5.82. The number of hydrogen-bond donors (Lipinski definition) is 1. The molecule has 1 fully saturated rings. The smallest absolute Gasteiger partial charge is 0.112 e. The van der Waals surface area contributed by atoms with Gasteiger partial charge in [-0.25, -0.2) is 4.98 Å². The van der Waals surface area contributed by atoms with Crippen molar-refractivity contribution in [2.45, 2.75) is 20.0 Å². The topological polar surface area (TPSA) is 39.1 Å². The van der Waals surface area contributed by atoms with Crippen molar-refractivity contribution in [3.8, 4) is 5.69 Å². The van der Waals surface area contributed by atoms with Crippen LogP contribution in [0.15, 0.2) is 30.7 Å². The van der Waals surface area contributed by atoms with Crippen molar-refractivity contribution in [3.63, 3.8) is 0 Å². The van der Waals surface area contributed by atoms with Crippen molar-refractivity contribution >= 4 is 0 Å². The highest BCUT2D eigenvalue weighted by molar-refractivity contribution is 5.41. The van der Waals surface area contributed by atoms with E-state index in [-0.39, 0.29) is 6.10 Å². The molecule has 2 heterocycles. The average Bonchev–Trinajstić information content (AvgIpc) is 2.88. The molecule has 4 nitrogen and oxygen atoms in total. The molecule has 1 saturated heterocycles. The standard InChI is InChI=1S/C15H19N3O/c1-11-5-12(2)7-13(6-11)18-10-17-8-14(18)15-9-16-3-4-19-15/h5-8,10,15-16H,3-4,9H2,1-2H3. The van der Waals surface area contributed by atoms with Gasteiger partial charge in [0.05, 0.1) is 24.8 Å². The van der Waals surface area contributed by atoms with Gasteiger partial charge in [0.1, 0.15) is 6.10 Å². The number of morpholine rings is 1. The summed E-state index contributed by atoms with van der Waals surface area (Å²) in [4.78, 5) is 4.29. The molecule has 1 atom stereocenters. The Morgan fingerprint density at radius 3 is 2.74 bits per heavy atom. The van der Waals surface area contributed by atoms with Crippen LogP contribution in [0.25, 0.3) is 5.69 Å². The Hall–Kier alpha value is -1.65. The number of benzene rings is 1. The summed E-state index contributed by atoms with van der Waals surface area (Å²) in [6, 6.07) is 6.53. The van der Waals surface area contributed by atoms with Gasteiger partial charge in [-0.05, 0) is 37.1 Å². The van der Waals surface area contributed by atoms with Gasteiger partial charge in [0, 0.05) is 18.8 Å². The Labute approximate surface area is 113 Å². The van der Waals surface area contributed by atoms with Crippen LogP contribution in [0.5, 0.6) is 0 Å². The molecule has 1 aliphatic heterocycles. The second kappa shape index (κ2) is 5.15. The van der Waals surface area contributed by atoms with Crippen LogP contribution in [0.3, 0.4) is 0 Å². The molecule has 19 heavy (non-hydrogen) atoms. The number of aryl methyl sites for hydroxylation is 2. The van der Waals surface area contributed by atoms with E-state index in [0.717, 1.165) is 31.1 Å². The molecule has 0 spiro atoms. The summed E-state index contributed by atoms with van der Waals surface area (Å²) < 4.78 is 7.94. The third kappa shape index (κ3) is 2.55. The summed E-state index contributed by atoms with van der Waals surface area (Å²) in [7, 11) is 0. The summed E-state index contributed by atoms with van der Waals surface area (Å²) in [5, 5.41) is 3.36. The highest BCUT2D eigenvalue weighted by Gasteiger charge is 2.20. The third-order valence-corrected chi connectivity index (χ3v) is 3.41. The summed E-state index contributed by atoms with van der Waals surface area (Å²) >= 11 is 0. The molecule has 0 saturated carbocycles. The molecule has 0 aliphatic carbocycles. The van der Waals surface area contributed by atoms with Gasteiger partial charge in [0.15, 0.2) is 0 Å². The fraction of sp³-hybridized carbons (Fsp3) is 0.400. The summed E-state index contributed by atoms with van der Waals surface area (Å²) in [5.41, 5.74) is 4.78. The maximum Gasteiger partial charge on any atom is 0.112 e. The van der Waals surface area contributed by atoms with Crippen LogP contribution in [0.4, 0.5) is 0 Å². The van der Waals surface area contributed by atoms with Crippen LogP contribution in [0, 0.1) is 13.8 Å². The number of nitrogens with one attached hydrogen (secondary N) is 1. The quantitative estimate of drug-likeness (QED) is 0.896. The molecule has 1 aromatic heterocycles. The highest BCUT2D eigenvalue weighted by atomic mass is 16.5. The van der Waals surface area contributed by atoms with E-state index in [9.17, 15) is 0 Å². The minimum atomic E-state index is 0.0806. The van der Waals surface area contributed by atoms with Gasteiger partial charge in [-0.1, -0.05) is 6.07 Å². The van der Waals surface area contributed by atoms with Crippen molar-refractivity contribution < 1.29 is 4.74 Å². The van der Waals surface area contributed by atoms with Gasteiger partial charge in [0.25, 0.3) is 0 Å². The van der Waals surface area contributed by atoms with Gasteiger partial charge < -0.3 is 14.6 Å². The first-order valence-corrected chi connectivity index (χ1v) is 6.67. The number of hydrogen-bond acceptors (Lipinski definition) is 3. The lowest BCUT2D eigenvalue weighted by atomic mass is 10.1. The minimum absolute atomic E-state index is 0.0806. The lowest BCUT2D eigenvalue weighted by Gasteiger charge is -2.24. The molecule has 100 valence electrons. The van der Waals surface area contributed by atoms with Gasteiger partial charge in [-0.3, -0.25) is 0 Å². The van der Waals surface area contributed by atoms with E-state index >= 15 is 0 Å². The van der Waals surface area contributed by atoms with E-state index in [1.54, 1.807) is 0 Å². The maximum absolute atomic E-state index is 5.82. The zero-order chi connectivity index (χ0) is 13.2. The van der Waals surface area contributed by atoms with Crippen molar-refractivity contribution in [2.75, 3.05) is 19.7 Å². The van der Waals surface area contributed by atoms with Crippen molar-refractivity contribution in [1.29, 1.82) is 0 Å². The molecule has 0 bridgehead atoms. The van der Waals surface area contributed by atoms with Crippen LogP contribution in [0.1, 0.15) is 22.9 Å². The first-order chi connectivity index (χ1) is 9.24. The van der Waals surface area contributed by atoms with E-state index in [2.05, 4.69) is 46.9 Å². The predicted octanol–water partition coefficient (Wildman–Crippen LogP) is 2.15. The van der Waals surface area contributed by atoms with Crippen molar-refractivity contribution in [2.24, 2.45) is 0 Å². The number of nitrogens with zero attached hydrogens (tertiary/aromatic N) is 2. The Kier molecular flexibility index (Phi) is 3.36. The van der Waals surface area contributed by atoms with Gasteiger partial charge in [-0.15, -0.1) is 0 Å². The zero-order valence-electron chi connectivity index (χ0n) is 11.4. The fourth-order valence-electron chi connectivity index (χ4n) is 2.60. The minimum Gasteiger partial charge on any atom is -0.369 e. The van der Waals surface area contributed by atoms with Crippen LogP contribution in [-0.2, 0) is 4.74 Å². The molecule has 1 aliphatic rings. The molecule has 0 radical (unpaired) electrons. The molecule has 3 rings (SSSR count). The molecule has 1 aromatic carbocycles. The van der Waals surface area contributed by atoms with E-state index < -0.39 is 0 Å². The predicted molar refractivity (Wildman–Crippen MR) is 74.6 cm³/mol. The number of imidazole rings is 1. The van der Waals surface area contributed by atoms with E-state index in [1.807, 2.05) is 12.5 Å². The Morgan fingerprint density at radius 1 is 1.26 bits per heavy atom. The van der Waals surface area contributed by atoms with Gasteiger partial charge >= 0.3 is 0 Å². The van der Waals surface area contributed by atoms with E-state index in [1.165, 1.54) is 11.1 Å². The summed E-state index contributed by atoms with van der Waals surface area (Å²) in [5.74, 6) is 0. The largest absolute Gasteiger partial charge is 0.369 e. The third-order valence-electron chi connectivity index (χ3n) is 3.41. The van der Waals surface area contributed by atoms with Crippen LogP contribution < -0.4 is 5.32 Å². The van der Waals surface area contributed by atoms with Crippen LogP contribution >= 0.6 is 0 Å². The molecule has 1 unspecified atom stereocenters. The Morgan fingerprint density at radius 2 is 2.05 bits per heavy atom. The van der Waals surface area contributed by atoms with E-state index in [0.29, 0.717) is 0 Å². The van der Waals surface area contributed by atoms with Gasteiger partial charge in [-0.2, -0.15) is 0 Å². The zero-order valence-corrected chi connectivity index (χ0v) is 11.4. The second-order valence-electron chi connectivity index (χ2n) is 5.10. The monoisotopic (exact) mass is 257 g/mol. The van der Waals surface area contributed by atoms with Crippen molar-refractivity contribution in [1.82, 2.24) is 14.9 Å². The molecule has 0 amide bonds. The highest BCUT2D eigenvalue weighted by Crippen LogP contribution is 2.23. The number of ether oxygens (including phenoxy) is 1. The Balaban J connectivity index is 1.98. The lowest BCUT2D eigenvalue weighted by molar-refractivity contribution is 0.0240. The number of aromatic nitrogens is 2. The summed E-state index contributed by atoms with van der Waals surface area (Å²) in [6.45, 7) is 6.75. The fourth-order valence-corrected chi connectivity index (χ4v) is 2.60. The SMILES string of the molecule is Cc1cc(C)cc(-n2cncc2C2CNCCO2)c1. The van der Waals surface area contributed by atoms with Gasteiger partial charge in [0.2, 0.25) is 0 Å². The number of rotatable bonds is 2. The van der Waals surface area contributed by atoms with E-state index in [4.69, 9.17) is 4.74 Å². The first-order valence-electron chi connectivity index (χ1n) is 6.67. The average molecular weight is 257 g/mol.